The molecule has 10 nitrogen and oxygen atoms in total. The van der Waals surface area contributed by atoms with Crippen LogP contribution in [0.2, 0.25) is 0 Å². The van der Waals surface area contributed by atoms with Crippen molar-refractivity contribution in [2.75, 3.05) is 5.32 Å². The largest absolute Gasteiger partial charge is 0.438 e. The highest BCUT2D eigenvalue weighted by Crippen LogP contribution is 2.46. The minimum Gasteiger partial charge on any atom is -0.438 e. The highest BCUT2D eigenvalue weighted by Gasteiger charge is 2.55. The molecular formula is C22H19N7O3. The van der Waals surface area contributed by atoms with Crippen molar-refractivity contribution in [1.82, 2.24) is 24.7 Å². The second-order valence-electron chi connectivity index (χ2n) is 7.70. The lowest BCUT2D eigenvalue weighted by molar-refractivity contribution is -0.132. The second-order valence-corrected chi connectivity index (χ2v) is 7.70. The van der Waals surface area contributed by atoms with Gasteiger partial charge in [-0.25, -0.2) is 9.97 Å². The number of rotatable bonds is 6. The number of pyridine rings is 1. The van der Waals surface area contributed by atoms with Gasteiger partial charge in [0.1, 0.15) is 17.5 Å². The van der Waals surface area contributed by atoms with E-state index < -0.39 is 11.3 Å². The number of hydrogen-bond donors (Lipinski definition) is 2. The molecule has 1 fully saturated rings. The van der Waals surface area contributed by atoms with Crippen LogP contribution in [0, 0.1) is 5.41 Å². The molecule has 0 unspecified atom stereocenters. The first-order valence-electron chi connectivity index (χ1n) is 9.94. The average molecular weight is 429 g/mol. The first-order chi connectivity index (χ1) is 15.4. The monoisotopic (exact) mass is 429 g/mol. The number of nitrogens with one attached hydrogen (secondary N) is 1. The molecule has 1 aromatic carbocycles. The first kappa shape index (κ1) is 19.6. The van der Waals surface area contributed by atoms with E-state index in [1.807, 2.05) is 19.3 Å². The maximum Gasteiger partial charge on any atom is 0.240 e. The van der Waals surface area contributed by atoms with Crippen molar-refractivity contribution in [1.29, 1.82) is 0 Å². The number of benzene rings is 1. The Labute approximate surface area is 182 Å². The lowest BCUT2D eigenvalue weighted by atomic mass is 10.1. The molecule has 1 aliphatic carbocycles. The highest BCUT2D eigenvalue weighted by atomic mass is 16.5. The number of fused-ring (bicyclic) bond motifs is 1. The number of carbonyl (C=O) groups excluding carboxylic acids is 2. The summed E-state index contributed by atoms with van der Waals surface area (Å²) in [6, 6.07) is 8.63. The number of nitrogens with two attached hydrogens (primary N) is 1. The molecule has 0 saturated heterocycles. The van der Waals surface area contributed by atoms with E-state index in [2.05, 4.69) is 25.4 Å². The normalized spacial score (nSPS) is 14.2. The molecule has 4 aromatic rings. The van der Waals surface area contributed by atoms with Crippen LogP contribution in [0.3, 0.4) is 0 Å². The number of carbonyl (C=O) groups is 2. The molecule has 0 spiro atoms. The van der Waals surface area contributed by atoms with Crippen molar-refractivity contribution in [3.8, 4) is 22.9 Å². The van der Waals surface area contributed by atoms with Gasteiger partial charge in [-0.15, -0.1) is 0 Å². The van der Waals surface area contributed by atoms with Gasteiger partial charge in [0.25, 0.3) is 0 Å². The third-order valence-corrected chi connectivity index (χ3v) is 5.47. The van der Waals surface area contributed by atoms with Crippen molar-refractivity contribution in [2.45, 2.75) is 12.8 Å². The number of primary amides is 1. The Morgan fingerprint density at radius 2 is 1.91 bits per heavy atom. The smallest absolute Gasteiger partial charge is 0.240 e. The summed E-state index contributed by atoms with van der Waals surface area (Å²) in [5.41, 5.74) is 7.14. The maximum atomic E-state index is 12.3. The zero-order valence-electron chi connectivity index (χ0n) is 17.1. The van der Waals surface area contributed by atoms with Crippen LogP contribution in [0.1, 0.15) is 12.8 Å². The van der Waals surface area contributed by atoms with E-state index in [-0.39, 0.29) is 5.91 Å². The number of nitrogens with zero attached hydrogens (tertiary/aromatic N) is 5. The molecule has 3 aromatic heterocycles. The number of ether oxygens (including phenoxy) is 1. The third kappa shape index (κ3) is 3.51. The first-order valence-corrected chi connectivity index (χ1v) is 9.94. The van der Waals surface area contributed by atoms with E-state index in [4.69, 9.17) is 10.5 Å². The molecule has 0 atom stereocenters. The number of aromatic nitrogens is 5. The Hall–Kier alpha value is -4.34. The van der Waals surface area contributed by atoms with E-state index in [1.165, 1.54) is 6.33 Å². The standard InChI is InChI=1S/C22H19N7O3/c1-29-11-13(9-27-29)17-8-18-16(10-24-17)19(26-12-25-18)32-15-4-2-14(3-5-15)28-21(31)22(6-7-22)20(23)30/h2-5,8-12H,6-7H2,1H3,(H2,23,30)(H,28,31). The van der Waals surface area contributed by atoms with E-state index in [0.717, 1.165) is 11.3 Å². The molecule has 1 aliphatic rings. The minimum atomic E-state index is -1.07. The van der Waals surface area contributed by atoms with Crippen molar-refractivity contribution in [3.05, 3.63) is 55.2 Å². The molecule has 5 rings (SSSR count). The predicted octanol–water partition coefficient (Wildman–Crippen LogP) is 2.42. The summed E-state index contributed by atoms with van der Waals surface area (Å²) >= 11 is 0. The zero-order chi connectivity index (χ0) is 22.3. The second kappa shape index (κ2) is 7.41. The summed E-state index contributed by atoms with van der Waals surface area (Å²) in [4.78, 5) is 36.9. The number of aryl methyl sites for hydroxylation is 1. The Balaban J connectivity index is 1.34. The van der Waals surface area contributed by atoms with Crippen LogP contribution in [-0.2, 0) is 16.6 Å². The molecule has 0 aliphatic heterocycles. The summed E-state index contributed by atoms with van der Waals surface area (Å²) < 4.78 is 7.63. The Morgan fingerprint density at radius 3 is 2.56 bits per heavy atom. The molecule has 160 valence electrons. The molecule has 32 heavy (non-hydrogen) atoms. The fraction of sp³-hybridized carbons (Fsp3) is 0.182. The van der Waals surface area contributed by atoms with Gasteiger partial charge in [0.15, 0.2) is 0 Å². The number of anilines is 1. The van der Waals surface area contributed by atoms with Crippen LogP contribution >= 0.6 is 0 Å². The number of hydrogen-bond acceptors (Lipinski definition) is 7. The van der Waals surface area contributed by atoms with Crippen LogP contribution < -0.4 is 15.8 Å². The fourth-order valence-corrected chi connectivity index (χ4v) is 3.40. The molecular weight excluding hydrogens is 410 g/mol. The van der Waals surface area contributed by atoms with Crippen LogP contribution in [0.15, 0.2) is 55.2 Å². The van der Waals surface area contributed by atoms with E-state index in [9.17, 15) is 9.59 Å². The van der Waals surface area contributed by atoms with Gasteiger partial charge in [-0.05, 0) is 43.2 Å². The van der Waals surface area contributed by atoms with Crippen molar-refractivity contribution < 1.29 is 14.3 Å². The van der Waals surface area contributed by atoms with Gasteiger partial charge in [0.2, 0.25) is 17.7 Å². The van der Waals surface area contributed by atoms with Crippen molar-refractivity contribution in [2.24, 2.45) is 18.2 Å². The van der Waals surface area contributed by atoms with Crippen LogP contribution in [0.25, 0.3) is 22.2 Å². The number of amides is 2. The minimum absolute atomic E-state index is 0.364. The molecule has 10 heteroatoms. The summed E-state index contributed by atoms with van der Waals surface area (Å²) in [5.74, 6) is -0.0834. The van der Waals surface area contributed by atoms with Gasteiger partial charge < -0.3 is 15.8 Å². The van der Waals surface area contributed by atoms with Crippen LogP contribution in [0.4, 0.5) is 5.69 Å². The molecule has 0 bridgehead atoms. The average Bonchev–Trinajstić information content (AvgIpc) is 3.50. The van der Waals surface area contributed by atoms with Gasteiger partial charge in [0.05, 0.1) is 22.8 Å². The highest BCUT2D eigenvalue weighted by molar-refractivity contribution is 6.12. The van der Waals surface area contributed by atoms with Gasteiger partial charge >= 0.3 is 0 Å². The zero-order valence-corrected chi connectivity index (χ0v) is 17.1. The molecule has 3 N–H and O–H groups in total. The Morgan fingerprint density at radius 1 is 1.12 bits per heavy atom. The lowest BCUT2D eigenvalue weighted by Crippen LogP contribution is -2.36. The summed E-state index contributed by atoms with van der Waals surface area (Å²) in [6.07, 6.45) is 7.67. The van der Waals surface area contributed by atoms with Crippen LogP contribution in [0.5, 0.6) is 11.6 Å². The van der Waals surface area contributed by atoms with Gasteiger partial charge in [-0.3, -0.25) is 19.3 Å². The molecule has 2 amide bonds. The molecule has 1 saturated carbocycles. The summed E-state index contributed by atoms with van der Waals surface area (Å²) in [7, 11) is 1.84. The Kier molecular flexibility index (Phi) is 4.54. The lowest BCUT2D eigenvalue weighted by Gasteiger charge is -2.12. The van der Waals surface area contributed by atoms with Crippen LogP contribution in [-0.4, -0.2) is 36.5 Å². The Bertz CT molecular complexity index is 1340. The van der Waals surface area contributed by atoms with Gasteiger partial charge in [-0.2, -0.15) is 5.10 Å². The maximum absolute atomic E-state index is 12.3. The summed E-state index contributed by atoms with van der Waals surface area (Å²) in [6.45, 7) is 0. The predicted molar refractivity (Wildman–Crippen MR) is 116 cm³/mol. The van der Waals surface area contributed by atoms with Gasteiger partial charge in [-0.1, -0.05) is 0 Å². The SMILES string of the molecule is Cn1cc(-c2cc3ncnc(Oc4ccc(NC(=O)C5(C(N)=O)CC5)cc4)c3cn2)cn1. The topological polar surface area (TPSA) is 138 Å². The molecule has 3 heterocycles. The van der Waals surface area contributed by atoms with Crippen molar-refractivity contribution >= 4 is 28.4 Å². The molecule has 0 radical (unpaired) electrons. The van der Waals surface area contributed by atoms with E-state index in [0.29, 0.717) is 41.1 Å². The van der Waals surface area contributed by atoms with Gasteiger partial charge in [0, 0.05) is 30.7 Å². The van der Waals surface area contributed by atoms with Crippen molar-refractivity contribution in [3.63, 3.8) is 0 Å². The fourth-order valence-electron chi connectivity index (χ4n) is 3.40. The summed E-state index contributed by atoms with van der Waals surface area (Å²) in [5, 5.41) is 7.56. The van der Waals surface area contributed by atoms with E-state index >= 15 is 0 Å². The third-order valence-electron chi connectivity index (χ3n) is 5.47. The quantitative estimate of drug-likeness (QED) is 0.449. The van der Waals surface area contributed by atoms with E-state index in [1.54, 1.807) is 41.3 Å².